The van der Waals surface area contributed by atoms with Crippen LogP contribution in [0.4, 0.5) is 0 Å². The molecule has 0 saturated carbocycles. The molecule has 106 valence electrons. The number of hydrogen-bond acceptors (Lipinski definition) is 3. The molecule has 1 aromatic carbocycles. The van der Waals surface area contributed by atoms with E-state index < -0.39 is 0 Å². The monoisotopic (exact) mass is 264 g/mol. The maximum absolute atomic E-state index is 11.9. The van der Waals surface area contributed by atoms with Crippen LogP contribution in [0.5, 0.6) is 5.75 Å². The van der Waals surface area contributed by atoms with Crippen molar-refractivity contribution in [2.75, 3.05) is 20.2 Å². The van der Waals surface area contributed by atoms with Gasteiger partial charge >= 0.3 is 0 Å². The van der Waals surface area contributed by atoms with E-state index in [-0.39, 0.29) is 11.9 Å². The van der Waals surface area contributed by atoms with Crippen LogP contribution in [-0.2, 0) is 11.2 Å². The van der Waals surface area contributed by atoms with E-state index in [9.17, 15) is 4.79 Å². The van der Waals surface area contributed by atoms with Gasteiger partial charge in [0, 0.05) is 26.1 Å². The Bertz CT molecular complexity index is 390. The second kappa shape index (κ2) is 7.79. The lowest BCUT2D eigenvalue weighted by Crippen LogP contribution is -2.39. The molecule has 19 heavy (non-hydrogen) atoms. The SMILES string of the molecule is CCOc1ccc(CCC(=O)N(C)C(C)CN)cc1. The van der Waals surface area contributed by atoms with Gasteiger partial charge in [-0.3, -0.25) is 4.79 Å². The van der Waals surface area contributed by atoms with E-state index in [0.717, 1.165) is 17.7 Å². The summed E-state index contributed by atoms with van der Waals surface area (Å²) in [6.07, 6.45) is 1.25. The molecule has 1 atom stereocenters. The second-order valence-corrected chi connectivity index (χ2v) is 4.67. The Kier molecular flexibility index (Phi) is 6.36. The second-order valence-electron chi connectivity index (χ2n) is 4.67. The van der Waals surface area contributed by atoms with Crippen molar-refractivity contribution in [3.8, 4) is 5.75 Å². The number of rotatable bonds is 7. The van der Waals surface area contributed by atoms with E-state index in [1.54, 1.807) is 11.9 Å². The Morgan fingerprint density at radius 2 is 2.00 bits per heavy atom. The van der Waals surface area contributed by atoms with E-state index >= 15 is 0 Å². The Labute approximate surface area is 115 Å². The third-order valence-corrected chi connectivity index (χ3v) is 3.26. The van der Waals surface area contributed by atoms with Crippen LogP contribution in [0.1, 0.15) is 25.8 Å². The molecule has 1 amide bonds. The standard InChI is InChI=1S/C15H24N2O2/c1-4-19-14-8-5-13(6-9-14)7-10-15(18)17(3)12(2)11-16/h5-6,8-9,12H,4,7,10-11,16H2,1-3H3. The number of hydrogen-bond donors (Lipinski definition) is 1. The summed E-state index contributed by atoms with van der Waals surface area (Å²) in [5, 5.41) is 0. The largest absolute Gasteiger partial charge is 0.494 e. The molecular weight excluding hydrogens is 240 g/mol. The average Bonchev–Trinajstić information content (AvgIpc) is 2.44. The van der Waals surface area contributed by atoms with Gasteiger partial charge in [0.15, 0.2) is 0 Å². The van der Waals surface area contributed by atoms with E-state index in [0.29, 0.717) is 19.6 Å². The fourth-order valence-electron chi connectivity index (χ4n) is 1.75. The lowest BCUT2D eigenvalue weighted by molar-refractivity contribution is -0.131. The summed E-state index contributed by atoms with van der Waals surface area (Å²) in [4.78, 5) is 13.6. The van der Waals surface area contributed by atoms with Gasteiger partial charge in [-0.1, -0.05) is 12.1 Å². The Hall–Kier alpha value is -1.55. The summed E-state index contributed by atoms with van der Waals surface area (Å²) < 4.78 is 5.38. The fraction of sp³-hybridized carbons (Fsp3) is 0.533. The van der Waals surface area contributed by atoms with Crippen molar-refractivity contribution < 1.29 is 9.53 Å². The molecule has 0 radical (unpaired) electrons. The van der Waals surface area contributed by atoms with Crippen molar-refractivity contribution in [2.24, 2.45) is 5.73 Å². The first-order valence-electron chi connectivity index (χ1n) is 6.76. The maximum atomic E-state index is 11.9. The highest BCUT2D eigenvalue weighted by Gasteiger charge is 2.13. The fourth-order valence-corrected chi connectivity index (χ4v) is 1.75. The van der Waals surface area contributed by atoms with Gasteiger partial charge in [-0.25, -0.2) is 0 Å². The molecule has 1 unspecified atom stereocenters. The molecule has 0 spiro atoms. The molecule has 1 rings (SSSR count). The number of ether oxygens (including phenoxy) is 1. The van der Waals surface area contributed by atoms with Crippen molar-refractivity contribution in [3.05, 3.63) is 29.8 Å². The minimum Gasteiger partial charge on any atom is -0.494 e. The van der Waals surface area contributed by atoms with Crippen molar-refractivity contribution in [2.45, 2.75) is 32.7 Å². The topological polar surface area (TPSA) is 55.6 Å². The quantitative estimate of drug-likeness (QED) is 0.817. The number of carbonyl (C=O) groups is 1. The third-order valence-electron chi connectivity index (χ3n) is 3.26. The minimum atomic E-state index is 0.0906. The van der Waals surface area contributed by atoms with E-state index in [4.69, 9.17) is 10.5 Å². The summed E-state index contributed by atoms with van der Waals surface area (Å²) in [6, 6.07) is 7.98. The molecule has 4 nitrogen and oxygen atoms in total. The van der Waals surface area contributed by atoms with Gasteiger partial charge in [0.1, 0.15) is 5.75 Å². The van der Waals surface area contributed by atoms with Crippen LogP contribution in [0.15, 0.2) is 24.3 Å². The van der Waals surface area contributed by atoms with Crippen LogP contribution >= 0.6 is 0 Å². The molecule has 2 N–H and O–H groups in total. The van der Waals surface area contributed by atoms with Gasteiger partial charge in [-0.15, -0.1) is 0 Å². The Morgan fingerprint density at radius 1 is 1.37 bits per heavy atom. The molecule has 0 aliphatic rings. The van der Waals surface area contributed by atoms with Crippen LogP contribution in [0, 0.1) is 0 Å². The van der Waals surface area contributed by atoms with Crippen LogP contribution in [-0.4, -0.2) is 37.0 Å². The molecule has 0 aliphatic carbocycles. The number of nitrogens with zero attached hydrogens (tertiary/aromatic N) is 1. The van der Waals surface area contributed by atoms with Gasteiger partial charge in [-0.2, -0.15) is 0 Å². The average molecular weight is 264 g/mol. The molecule has 1 aromatic rings. The minimum absolute atomic E-state index is 0.0906. The van der Waals surface area contributed by atoms with Crippen LogP contribution in [0.2, 0.25) is 0 Å². The first kappa shape index (κ1) is 15.5. The summed E-state index contributed by atoms with van der Waals surface area (Å²) in [6.45, 7) is 5.07. The lowest BCUT2D eigenvalue weighted by atomic mass is 10.1. The molecule has 0 fully saturated rings. The lowest BCUT2D eigenvalue weighted by Gasteiger charge is -2.23. The Morgan fingerprint density at radius 3 is 2.53 bits per heavy atom. The highest BCUT2D eigenvalue weighted by atomic mass is 16.5. The third kappa shape index (κ3) is 4.91. The van der Waals surface area contributed by atoms with Gasteiger partial charge in [0.05, 0.1) is 6.61 Å². The molecule has 0 aromatic heterocycles. The van der Waals surface area contributed by atoms with Crippen LogP contribution in [0.3, 0.4) is 0 Å². The van der Waals surface area contributed by atoms with E-state index in [1.165, 1.54) is 0 Å². The van der Waals surface area contributed by atoms with Crippen LogP contribution < -0.4 is 10.5 Å². The van der Waals surface area contributed by atoms with E-state index in [2.05, 4.69) is 0 Å². The number of nitrogens with two attached hydrogens (primary N) is 1. The predicted molar refractivity (Wildman–Crippen MR) is 77.2 cm³/mol. The molecule has 0 bridgehead atoms. The molecule has 4 heteroatoms. The zero-order valence-corrected chi connectivity index (χ0v) is 12.1. The smallest absolute Gasteiger partial charge is 0.222 e. The number of likely N-dealkylation sites (N-methyl/N-ethyl adjacent to an activating group) is 1. The molecule has 0 heterocycles. The summed E-state index contributed by atoms with van der Waals surface area (Å²) >= 11 is 0. The zero-order valence-electron chi connectivity index (χ0n) is 12.1. The number of aryl methyl sites for hydroxylation is 1. The van der Waals surface area contributed by atoms with Gasteiger partial charge in [0.25, 0.3) is 0 Å². The van der Waals surface area contributed by atoms with Gasteiger partial charge in [0.2, 0.25) is 5.91 Å². The molecule has 0 aliphatic heterocycles. The Balaban J connectivity index is 2.45. The van der Waals surface area contributed by atoms with Gasteiger partial charge < -0.3 is 15.4 Å². The number of benzene rings is 1. The van der Waals surface area contributed by atoms with Crippen LogP contribution in [0.25, 0.3) is 0 Å². The van der Waals surface area contributed by atoms with Crippen molar-refractivity contribution in [3.63, 3.8) is 0 Å². The number of carbonyl (C=O) groups excluding carboxylic acids is 1. The normalized spacial score (nSPS) is 12.0. The van der Waals surface area contributed by atoms with Crippen molar-refractivity contribution in [1.82, 2.24) is 4.90 Å². The highest BCUT2D eigenvalue weighted by molar-refractivity contribution is 5.76. The summed E-state index contributed by atoms with van der Waals surface area (Å²) in [5.74, 6) is 0.998. The first-order valence-corrected chi connectivity index (χ1v) is 6.76. The first-order chi connectivity index (χ1) is 9.08. The molecular formula is C15H24N2O2. The van der Waals surface area contributed by atoms with E-state index in [1.807, 2.05) is 38.1 Å². The number of amides is 1. The van der Waals surface area contributed by atoms with Crippen molar-refractivity contribution >= 4 is 5.91 Å². The van der Waals surface area contributed by atoms with Gasteiger partial charge in [-0.05, 0) is 38.0 Å². The highest BCUT2D eigenvalue weighted by Crippen LogP contribution is 2.13. The molecule has 0 saturated heterocycles. The predicted octanol–water partition coefficient (Wildman–Crippen LogP) is 1.82. The maximum Gasteiger partial charge on any atom is 0.222 e. The van der Waals surface area contributed by atoms with Crippen molar-refractivity contribution in [1.29, 1.82) is 0 Å². The summed E-state index contributed by atoms with van der Waals surface area (Å²) in [5.41, 5.74) is 6.70. The zero-order chi connectivity index (χ0) is 14.3. The summed E-state index contributed by atoms with van der Waals surface area (Å²) in [7, 11) is 1.80.